The summed E-state index contributed by atoms with van der Waals surface area (Å²) in [6, 6.07) is 64.2. The fraction of sp³-hybridized carbons (Fsp3) is 0.343. The highest BCUT2D eigenvalue weighted by Crippen LogP contribution is 2.30. The molecule has 0 aliphatic carbocycles. The van der Waals surface area contributed by atoms with Gasteiger partial charge >= 0.3 is 51.4 Å². The summed E-state index contributed by atoms with van der Waals surface area (Å²) < 4.78 is 32.3. The number of urea groups is 4. The van der Waals surface area contributed by atoms with Gasteiger partial charge in [-0.2, -0.15) is 12.7 Å². The van der Waals surface area contributed by atoms with Crippen LogP contribution in [-0.4, -0.2) is 137 Å². The predicted molar refractivity (Wildman–Crippen MR) is 527 cm³/mol. The smallest absolute Gasteiger partial charge is 0.322 e. The molecule has 8 amide bonds. The molecule has 0 unspecified atom stereocenters. The van der Waals surface area contributed by atoms with Crippen LogP contribution in [0.25, 0.3) is 50.1 Å². The van der Waals surface area contributed by atoms with Crippen LogP contribution in [0.3, 0.4) is 0 Å². The highest BCUT2D eigenvalue weighted by molar-refractivity contribution is 7.90. The number of rotatable bonds is 9. The summed E-state index contributed by atoms with van der Waals surface area (Å²) in [4.78, 5) is 131. The Morgan fingerprint density at radius 3 is 1.43 bits per heavy atom. The Kier molecular flexibility index (Phi) is 36.0. The molecule has 31 heteroatoms. The minimum absolute atomic E-state index is 0. The van der Waals surface area contributed by atoms with Gasteiger partial charge in [0.2, 0.25) is 0 Å². The maximum absolute atomic E-state index is 11.9. The van der Waals surface area contributed by atoms with E-state index >= 15 is 0 Å². The van der Waals surface area contributed by atoms with Gasteiger partial charge in [0.25, 0.3) is 11.1 Å². The molecular weight excluding hydrogens is 1660 g/mol. The number of fused-ring (bicyclic) bond motifs is 9. The Bertz CT molecular complexity index is 6350. The molecule has 18 rings (SSSR count). The van der Waals surface area contributed by atoms with Crippen molar-refractivity contribution in [1.82, 2.24) is 67.5 Å². The number of hydrogen-bond donors (Lipinski definition) is 9. The number of nitrogens with zero attached hydrogens (tertiary/aromatic N) is 10. The lowest BCUT2D eigenvalue weighted by atomic mass is 10.0. The predicted octanol–water partition coefficient (Wildman–Crippen LogP) is 19.7. The molecule has 9 N–H and O–H groups in total. The van der Waals surface area contributed by atoms with Crippen molar-refractivity contribution >= 4 is 113 Å². The van der Waals surface area contributed by atoms with E-state index in [9.17, 15) is 51.6 Å². The zero-order valence-electron chi connectivity index (χ0n) is 76.0. The molecule has 13 aromatic rings. The SMILES string of the molecule is C.C.CC(C)N1C=Cc2ccccc2NC1=O.CC(C)N1CCc2ccccc2NC1=O.CC(C)N1Cc2ccccc2NC1=O.CC(C)N1Cc2ccccc2NS1(=O)=O.CC(C)N1Cc2cccnc2NC1=O.CC(C)c1cc2ccccc2[nH]c1=O.CC(C)n1c(=O)[nH]c2ccccc21.CC(C)n1c(=O)[nH]c2ccccc2c1=O.CC(C)n1c(=O)[nH]c2ncccc21. The van der Waals surface area contributed by atoms with Gasteiger partial charge in [-0.3, -0.25) is 43.2 Å². The van der Waals surface area contributed by atoms with Gasteiger partial charge < -0.3 is 45.6 Å². The molecule has 0 fully saturated rings. The third-order valence-electron chi connectivity index (χ3n) is 21.4. The molecule has 30 nitrogen and oxygen atoms in total. The van der Waals surface area contributed by atoms with Crippen LogP contribution in [0.15, 0.2) is 243 Å². The van der Waals surface area contributed by atoms with E-state index < -0.39 is 10.2 Å². The van der Waals surface area contributed by atoms with Crippen LogP contribution in [0.5, 0.6) is 0 Å². The lowest BCUT2D eigenvalue weighted by Crippen LogP contribution is -2.43. The minimum Gasteiger partial charge on any atom is -0.322 e. The van der Waals surface area contributed by atoms with Gasteiger partial charge in [0.15, 0.2) is 5.65 Å². The lowest BCUT2D eigenvalue weighted by Gasteiger charge is -2.32. The van der Waals surface area contributed by atoms with Crippen molar-refractivity contribution in [1.29, 1.82) is 0 Å². The number of anilines is 5. The fourth-order valence-electron chi connectivity index (χ4n) is 14.6. The monoisotopic (exact) mass is 1790 g/mol. The molecular formula is C99H127N19O11S. The van der Waals surface area contributed by atoms with Crippen LogP contribution in [-0.2, 0) is 36.3 Å². The first-order chi connectivity index (χ1) is 60.9. The van der Waals surface area contributed by atoms with E-state index in [0.717, 1.165) is 79.7 Å². The molecule has 0 radical (unpaired) electrons. The zero-order valence-corrected chi connectivity index (χ0v) is 76.8. The first-order valence-electron chi connectivity index (χ1n) is 43.1. The Balaban J connectivity index is 0.000000180. The first kappa shape index (κ1) is 101. The molecule has 130 heavy (non-hydrogen) atoms. The van der Waals surface area contributed by atoms with Crippen LogP contribution in [0.2, 0.25) is 0 Å². The molecule has 7 aromatic carbocycles. The van der Waals surface area contributed by atoms with Crippen LogP contribution in [0, 0.1) is 0 Å². The minimum atomic E-state index is -3.35. The standard InChI is InChI=1S/C12H16N2O.C12H14N2O.C12H13NO.C11H12N2O2.C11H14N2O.C10H13N3O.C10H14N2O2S.C10H12N2O.C9H11N3O.2CH4/c2*1-9(2)14-8-7-10-5-3-4-6-11(10)13-12(14)15;1-8(2)10-7-9-5-3-4-6-11(9)13-12(10)14;1-7(2)13-10(14)8-5-3-4-6-9(8)12-11(13)15;1-8(2)13-7-9-5-3-4-6-10(9)12-11(13)14;1-7(2)13-6-8-4-3-5-11-9(8)12-10(13)14;1-8(2)12-7-9-5-3-4-6-10(9)11-15(12,13)14;1-7(2)12-9-6-4-3-5-8(9)11-10(12)13;1-6(2)12-7-4-3-5-10-8(7)11-9(12)13;;/h3-6,9H,7-8H2,1-2H3,(H,13,15);3-9H,1-2H3,(H,13,15);3-8H,1-2H3,(H,13,14);3-7H,1-2H3,(H,12,15);3-6,8H,7H2,1-2H3,(H,12,14);3-5,7H,6H2,1-2H3,(H,11,12,14);3-6,8,11H,7H2,1-2H3;3-7H,1-2H3,(H,11,13);3-6H,1-2H3,(H,10,11,13);2*1H4. The molecule has 0 saturated carbocycles. The molecule has 690 valence electrons. The number of para-hydroxylation sites is 8. The quantitative estimate of drug-likeness (QED) is 0.0650. The number of aromatic nitrogens is 9. The van der Waals surface area contributed by atoms with E-state index in [2.05, 4.69) is 62.0 Å². The Labute approximate surface area is 760 Å². The summed E-state index contributed by atoms with van der Waals surface area (Å²) >= 11 is 0. The van der Waals surface area contributed by atoms with Gasteiger partial charge in [-0.1, -0.05) is 150 Å². The molecule has 0 spiro atoms. The average molecular weight is 1790 g/mol. The summed E-state index contributed by atoms with van der Waals surface area (Å²) in [5.41, 5.74) is 14.0. The van der Waals surface area contributed by atoms with E-state index in [0.29, 0.717) is 47.7 Å². The number of pyridine rings is 3. The summed E-state index contributed by atoms with van der Waals surface area (Å²) in [6.45, 7) is 38.0. The third-order valence-corrected chi connectivity index (χ3v) is 23.0. The van der Waals surface area contributed by atoms with Gasteiger partial charge in [0.05, 0.1) is 39.7 Å². The van der Waals surface area contributed by atoms with Crippen molar-refractivity contribution in [2.45, 2.75) is 220 Å². The zero-order chi connectivity index (χ0) is 93.0. The van der Waals surface area contributed by atoms with Gasteiger partial charge in [-0.05, 0) is 236 Å². The van der Waals surface area contributed by atoms with E-state index in [1.165, 1.54) is 20.0 Å². The van der Waals surface area contributed by atoms with Crippen molar-refractivity contribution in [3.63, 3.8) is 0 Å². The van der Waals surface area contributed by atoms with Crippen LogP contribution in [0.4, 0.5) is 47.7 Å². The number of amides is 8. The van der Waals surface area contributed by atoms with Crippen LogP contribution >= 0.6 is 0 Å². The second kappa shape index (κ2) is 46.2. The van der Waals surface area contributed by atoms with Crippen molar-refractivity contribution in [3.8, 4) is 0 Å². The van der Waals surface area contributed by atoms with Crippen molar-refractivity contribution in [2.75, 3.05) is 32.5 Å². The number of carbonyl (C=O) groups is 4. The Hall–Kier alpha value is -13.9. The number of imidazole rings is 2. The van der Waals surface area contributed by atoms with Crippen LogP contribution < -0.4 is 54.2 Å². The fourth-order valence-corrected chi connectivity index (χ4v) is 16.0. The number of carbonyl (C=O) groups excluding carboxylic acids is 4. The summed E-state index contributed by atoms with van der Waals surface area (Å²) in [5, 5.41) is 13.1. The van der Waals surface area contributed by atoms with E-state index in [-0.39, 0.29) is 121 Å². The number of benzene rings is 7. The molecule has 0 saturated heterocycles. The van der Waals surface area contributed by atoms with Crippen molar-refractivity contribution in [3.05, 3.63) is 304 Å². The largest absolute Gasteiger partial charge is 0.329 e. The van der Waals surface area contributed by atoms with Gasteiger partial charge in [-0.25, -0.2) is 43.5 Å². The summed E-state index contributed by atoms with van der Waals surface area (Å²) in [7, 11) is -3.35. The van der Waals surface area contributed by atoms with Crippen molar-refractivity contribution in [2.24, 2.45) is 0 Å². The van der Waals surface area contributed by atoms with Crippen LogP contribution in [0.1, 0.15) is 197 Å². The first-order valence-corrected chi connectivity index (χ1v) is 44.5. The third kappa shape index (κ3) is 25.7. The lowest BCUT2D eigenvalue weighted by molar-refractivity contribution is 0.190. The Morgan fingerprint density at radius 1 is 0.369 bits per heavy atom. The Morgan fingerprint density at radius 2 is 0.823 bits per heavy atom. The number of aromatic amines is 4. The van der Waals surface area contributed by atoms with Gasteiger partial charge in [0, 0.05) is 120 Å². The van der Waals surface area contributed by atoms with Crippen molar-refractivity contribution < 1.29 is 27.6 Å². The maximum Gasteiger partial charge on any atom is 0.329 e. The number of hydrogen-bond acceptors (Lipinski definition) is 13. The van der Waals surface area contributed by atoms with E-state index in [1.807, 2.05) is 310 Å². The highest BCUT2D eigenvalue weighted by Gasteiger charge is 2.32. The number of nitrogens with one attached hydrogen (secondary N) is 9. The second-order valence-electron chi connectivity index (χ2n) is 33.6. The number of H-pyrrole nitrogens is 4. The second-order valence-corrected chi connectivity index (χ2v) is 35.2. The summed E-state index contributed by atoms with van der Waals surface area (Å²) in [6.07, 6.45) is 8.05. The average Bonchev–Trinajstić information content (AvgIpc) is 0.967. The normalized spacial score (nSPS) is 13.9. The molecule has 0 atom stereocenters. The van der Waals surface area contributed by atoms with Gasteiger partial charge in [0.1, 0.15) is 5.82 Å². The van der Waals surface area contributed by atoms with E-state index in [4.69, 9.17) is 0 Å². The highest BCUT2D eigenvalue weighted by atomic mass is 32.2. The maximum atomic E-state index is 11.9. The molecule has 5 aliphatic rings. The molecule has 5 aliphatic heterocycles. The molecule has 6 aromatic heterocycles. The molecule has 11 heterocycles. The molecule has 0 bridgehead atoms. The van der Waals surface area contributed by atoms with E-state index in [1.54, 1.807) is 61.7 Å². The van der Waals surface area contributed by atoms with Gasteiger partial charge in [-0.15, -0.1) is 0 Å². The summed E-state index contributed by atoms with van der Waals surface area (Å²) in [5.74, 6) is 0.956. The topological polar surface area (TPSA) is 368 Å².